The second-order valence-electron chi connectivity index (χ2n) is 8.52. The number of pyridine rings is 1. The molecule has 32 heavy (non-hydrogen) atoms. The van der Waals surface area contributed by atoms with E-state index in [2.05, 4.69) is 20.5 Å². The van der Waals surface area contributed by atoms with E-state index in [0.717, 1.165) is 43.1 Å². The second-order valence-corrected chi connectivity index (χ2v) is 8.52. The molecule has 0 saturated heterocycles. The van der Waals surface area contributed by atoms with Crippen LogP contribution in [0.2, 0.25) is 0 Å². The van der Waals surface area contributed by atoms with Crippen molar-refractivity contribution in [2.24, 2.45) is 5.92 Å². The molecule has 2 heterocycles. The van der Waals surface area contributed by atoms with Gasteiger partial charge in [0, 0.05) is 31.4 Å². The van der Waals surface area contributed by atoms with Crippen molar-refractivity contribution in [3.05, 3.63) is 42.6 Å². The minimum Gasteiger partial charge on any atom is -0.486 e. The van der Waals surface area contributed by atoms with Gasteiger partial charge in [0.1, 0.15) is 17.7 Å². The van der Waals surface area contributed by atoms with Crippen LogP contribution in [0.25, 0.3) is 0 Å². The summed E-state index contributed by atoms with van der Waals surface area (Å²) in [5.41, 5.74) is 1.66. The largest absolute Gasteiger partial charge is 0.486 e. The van der Waals surface area contributed by atoms with Crippen LogP contribution in [0.5, 0.6) is 5.75 Å². The van der Waals surface area contributed by atoms with Crippen LogP contribution in [0.3, 0.4) is 0 Å². The number of carboxylic acid groups (broad SMARTS) is 1. The summed E-state index contributed by atoms with van der Waals surface area (Å²) in [5, 5.41) is 15.4. The number of benzene rings is 1. The Hall–Kier alpha value is -3.29. The van der Waals surface area contributed by atoms with Crippen molar-refractivity contribution in [1.29, 1.82) is 0 Å². The quantitative estimate of drug-likeness (QED) is 0.459. The van der Waals surface area contributed by atoms with E-state index in [9.17, 15) is 9.59 Å². The van der Waals surface area contributed by atoms with Gasteiger partial charge in [0.15, 0.2) is 0 Å². The van der Waals surface area contributed by atoms with Gasteiger partial charge in [0.25, 0.3) is 0 Å². The Bertz CT molecular complexity index is 933. The molecule has 0 radical (unpaired) electrons. The summed E-state index contributed by atoms with van der Waals surface area (Å²) < 4.78 is 5.92. The van der Waals surface area contributed by atoms with Gasteiger partial charge in [-0.15, -0.1) is 0 Å². The van der Waals surface area contributed by atoms with E-state index >= 15 is 0 Å². The molecule has 8 heteroatoms. The third-order valence-electron chi connectivity index (χ3n) is 5.68. The lowest BCUT2D eigenvalue weighted by Crippen LogP contribution is -2.42. The van der Waals surface area contributed by atoms with Crippen molar-refractivity contribution >= 4 is 29.1 Å². The van der Waals surface area contributed by atoms with Gasteiger partial charge in [-0.05, 0) is 61.9 Å². The molecule has 8 nitrogen and oxygen atoms in total. The first-order valence-corrected chi connectivity index (χ1v) is 11.3. The number of anilines is 3. The monoisotopic (exact) mass is 438 g/mol. The molecular weight excluding hydrogens is 408 g/mol. The highest BCUT2D eigenvalue weighted by Crippen LogP contribution is 2.39. The predicted octanol–water partition coefficient (Wildman–Crippen LogP) is 3.75. The molecule has 1 aromatic heterocycles. The fraction of sp³-hybridized carbons (Fsp3) is 0.458. The predicted molar refractivity (Wildman–Crippen MR) is 123 cm³/mol. The molecule has 1 aromatic carbocycles. The zero-order valence-electron chi connectivity index (χ0n) is 18.1. The number of aromatic nitrogens is 1. The third kappa shape index (κ3) is 6.35. The van der Waals surface area contributed by atoms with Crippen LogP contribution in [0.1, 0.15) is 38.5 Å². The molecule has 1 unspecified atom stereocenters. The summed E-state index contributed by atoms with van der Waals surface area (Å²) >= 11 is 0. The van der Waals surface area contributed by atoms with Gasteiger partial charge in [-0.3, -0.25) is 9.59 Å². The number of carboxylic acids is 1. The summed E-state index contributed by atoms with van der Waals surface area (Å²) in [6, 6.07) is 11.3. The molecule has 1 saturated carbocycles. The summed E-state index contributed by atoms with van der Waals surface area (Å²) in [5.74, 6) is 1.31. The maximum absolute atomic E-state index is 12.4. The van der Waals surface area contributed by atoms with Gasteiger partial charge in [0.05, 0.1) is 18.7 Å². The Morgan fingerprint density at radius 1 is 1.19 bits per heavy atom. The van der Waals surface area contributed by atoms with E-state index in [0.29, 0.717) is 24.6 Å². The number of nitrogens with zero attached hydrogens (tertiary/aromatic N) is 2. The number of nitrogens with one attached hydrogen (secondary N) is 2. The number of carbonyl (C=O) groups is 2. The fourth-order valence-corrected chi connectivity index (χ4v) is 3.91. The summed E-state index contributed by atoms with van der Waals surface area (Å²) in [4.78, 5) is 30.0. The van der Waals surface area contributed by atoms with E-state index in [-0.39, 0.29) is 18.4 Å². The minimum absolute atomic E-state index is 0.0167. The molecule has 4 rings (SSSR count). The molecule has 3 N–H and O–H groups in total. The van der Waals surface area contributed by atoms with Crippen LogP contribution in [0.15, 0.2) is 42.6 Å². The second kappa shape index (κ2) is 10.3. The van der Waals surface area contributed by atoms with Crippen molar-refractivity contribution in [3.63, 3.8) is 0 Å². The normalized spacial score (nSPS) is 17.2. The summed E-state index contributed by atoms with van der Waals surface area (Å²) in [6.45, 7) is 2.22. The molecule has 0 spiro atoms. The highest BCUT2D eigenvalue weighted by atomic mass is 16.5. The molecule has 0 bridgehead atoms. The molecule has 1 aliphatic heterocycles. The number of fused-ring (bicyclic) bond motifs is 1. The number of rotatable bonds is 11. The number of hydrogen-bond donors (Lipinski definition) is 3. The molecular formula is C24H30N4O4. The zero-order chi connectivity index (χ0) is 22.3. The van der Waals surface area contributed by atoms with Crippen LogP contribution >= 0.6 is 0 Å². The first-order chi connectivity index (χ1) is 15.6. The standard InChI is InChI=1S/C24H30N4O4/c29-23(6-2-4-12-26-22-5-1-3-11-25-22)27-18-9-10-21-20(13-18)28(15-17-7-8-17)16-19(32-21)14-24(30)31/h1,3,5,9-11,13,17,19H,2,4,6-8,12,14-16H2,(H,25,26)(H,27,29)(H,30,31). The third-order valence-corrected chi connectivity index (χ3v) is 5.68. The minimum atomic E-state index is -0.857. The van der Waals surface area contributed by atoms with Crippen molar-refractivity contribution in [2.75, 3.05) is 35.2 Å². The molecule has 1 atom stereocenters. The van der Waals surface area contributed by atoms with E-state index in [1.54, 1.807) is 6.20 Å². The van der Waals surface area contributed by atoms with Crippen molar-refractivity contribution in [2.45, 2.75) is 44.6 Å². The van der Waals surface area contributed by atoms with Crippen molar-refractivity contribution in [3.8, 4) is 5.75 Å². The van der Waals surface area contributed by atoms with Gasteiger partial charge in [-0.25, -0.2) is 4.98 Å². The van der Waals surface area contributed by atoms with Crippen LogP contribution in [0.4, 0.5) is 17.2 Å². The van der Waals surface area contributed by atoms with Gasteiger partial charge < -0.3 is 25.4 Å². The maximum atomic E-state index is 12.4. The van der Waals surface area contributed by atoms with E-state index in [1.807, 2.05) is 36.4 Å². The van der Waals surface area contributed by atoms with E-state index in [1.165, 1.54) is 12.8 Å². The lowest BCUT2D eigenvalue weighted by molar-refractivity contribution is -0.138. The lowest BCUT2D eigenvalue weighted by atomic mass is 10.1. The number of aliphatic carboxylic acids is 1. The number of hydrogen-bond acceptors (Lipinski definition) is 6. The van der Waals surface area contributed by atoms with Gasteiger partial charge in [-0.1, -0.05) is 6.07 Å². The van der Waals surface area contributed by atoms with Crippen LogP contribution in [-0.2, 0) is 9.59 Å². The van der Waals surface area contributed by atoms with Crippen LogP contribution < -0.4 is 20.3 Å². The Kier molecular flexibility index (Phi) is 7.09. The number of amides is 1. The highest BCUT2D eigenvalue weighted by molar-refractivity contribution is 5.91. The average molecular weight is 439 g/mol. The van der Waals surface area contributed by atoms with Gasteiger partial charge in [-0.2, -0.15) is 0 Å². The average Bonchev–Trinajstić information content (AvgIpc) is 3.58. The first-order valence-electron chi connectivity index (χ1n) is 11.3. The zero-order valence-corrected chi connectivity index (χ0v) is 18.1. The molecule has 2 aromatic rings. The van der Waals surface area contributed by atoms with Gasteiger partial charge in [0.2, 0.25) is 5.91 Å². The number of carbonyl (C=O) groups excluding carboxylic acids is 1. The van der Waals surface area contributed by atoms with E-state index < -0.39 is 5.97 Å². The Morgan fingerprint density at radius 2 is 2.06 bits per heavy atom. The number of unbranched alkanes of at least 4 members (excludes halogenated alkanes) is 1. The molecule has 1 fully saturated rings. The first kappa shape index (κ1) is 21.9. The van der Waals surface area contributed by atoms with Crippen LogP contribution in [-0.4, -0.2) is 47.7 Å². The lowest BCUT2D eigenvalue weighted by Gasteiger charge is -2.36. The highest BCUT2D eigenvalue weighted by Gasteiger charge is 2.32. The fourth-order valence-electron chi connectivity index (χ4n) is 3.91. The SMILES string of the molecule is O=C(O)CC1CN(CC2CC2)c2cc(NC(=O)CCCCNc3ccccn3)ccc2O1. The van der Waals surface area contributed by atoms with Crippen molar-refractivity contribution in [1.82, 2.24) is 4.98 Å². The van der Waals surface area contributed by atoms with Crippen LogP contribution in [0, 0.1) is 5.92 Å². The Balaban J connectivity index is 1.28. The smallest absolute Gasteiger partial charge is 0.307 e. The molecule has 1 aliphatic carbocycles. The maximum Gasteiger partial charge on any atom is 0.307 e. The molecule has 2 aliphatic rings. The summed E-state index contributed by atoms with van der Waals surface area (Å²) in [6.07, 6.45) is 5.89. The topological polar surface area (TPSA) is 104 Å². The molecule has 170 valence electrons. The number of ether oxygens (including phenoxy) is 1. The van der Waals surface area contributed by atoms with Crippen molar-refractivity contribution < 1.29 is 19.4 Å². The van der Waals surface area contributed by atoms with E-state index in [4.69, 9.17) is 9.84 Å². The summed E-state index contributed by atoms with van der Waals surface area (Å²) in [7, 11) is 0. The van der Waals surface area contributed by atoms with Gasteiger partial charge >= 0.3 is 5.97 Å². The Morgan fingerprint density at radius 3 is 2.81 bits per heavy atom. The molecule has 1 amide bonds. The Labute approximate surface area is 188 Å².